The molecule has 0 aliphatic rings. The first-order valence-electron chi connectivity index (χ1n) is 9.85. The van der Waals surface area contributed by atoms with Gasteiger partial charge in [0.2, 0.25) is 0 Å². The molecule has 30 heavy (non-hydrogen) atoms. The van der Waals surface area contributed by atoms with Crippen molar-refractivity contribution in [3.63, 3.8) is 0 Å². The fraction of sp³-hybridized carbons (Fsp3) is 0.304. The molecule has 3 rings (SSSR count). The number of aromatic nitrogens is 2. The number of nitrogens with zero attached hydrogens (tertiary/aromatic N) is 2. The van der Waals surface area contributed by atoms with E-state index < -0.39 is 0 Å². The molecule has 0 atom stereocenters. The second-order valence-corrected chi connectivity index (χ2v) is 7.42. The summed E-state index contributed by atoms with van der Waals surface area (Å²) in [4.78, 5) is 0. The van der Waals surface area contributed by atoms with E-state index in [-0.39, 0.29) is 0 Å². The topological polar surface area (TPSA) is 60.3 Å². The van der Waals surface area contributed by atoms with Crippen LogP contribution in [0.5, 0.6) is 11.5 Å². The number of hydrogen-bond donors (Lipinski definition) is 2. The summed E-state index contributed by atoms with van der Waals surface area (Å²) in [5, 5.41) is 11.9. The average molecular weight is 425 g/mol. The molecule has 0 bridgehead atoms. The Morgan fingerprint density at radius 2 is 1.73 bits per heavy atom. The van der Waals surface area contributed by atoms with E-state index >= 15 is 0 Å². The van der Waals surface area contributed by atoms with Crippen LogP contribution in [0.25, 0.3) is 0 Å². The number of rotatable bonds is 8. The SMILES string of the molecule is COc1ccc(Cn2nc(C)c(NC(=S)NCCc3ccccc3)c2C)cc1OC. The Morgan fingerprint density at radius 1 is 1.00 bits per heavy atom. The van der Waals surface area contributed by atoms with Crippen molar-refractivity contribution in [1.29, 1.82) is 0 Å². The monoisotopic (exact) mass is 424 g/mol. The van der Waals surface area contributed by atoms with Gasteiger partial charge in [-0.25, -0.2) is 0 Å². The second-order valence-electron chi connectivity index (χ2n) is 7.01. The Bertz CT molecular complexity index is 1000. The van der Waals surface area contributed by atoms with Crippen molar-refractivity contribution in [2.75, 3.05) is 26.1 Å². The Labute approximate surface area is 183 Å². The molecule has 1 heterocycles. The predicted octanol–water partition coefficient (Wildman–Crippen LogP) is 4.09. The minimum absolute atomic E-state index is 0.600. The maximum absolute atomic E-state index is 5.48. The van der Waals surface area contributed by atoms with Gasteiger partial charge in [-0.3, -0.25) is 4.68 Å². The van der Waals surface area contributed by atoms with Crippen LogP contribution < -0.4 is 20.1 Å². The molecule has 3 aromatic rings. The van der Waals surface area contributed by atoms with E-state index in [9.17, 15) is 0 Å². The third-order valence-electron chi connectivity index (χ3n) is 4.94. The summed E-state index contributed by atoms with van der Waals surface area (Å²) in [5.41, 5.74) is 5.22. The van der Waals surface area contributed by atoms with Gasteiger partial charge in [0.05, 0.1) is 37.8 Å². The van der Waals surface area contributed by atoms with Crippen molar-refractivity contribution in [1.82, 2.24) is 15.1 Å². The quantitative estimate of drug-likeness (QED) is 0.531. The third kappa shape index (κ3) is 5.30. The molecule has 0 aliphatic heterocycles. The zero-order valence-electron chi connectivity index (χ0n) is 17.9. The van der Waals surface area contributed by atoms with Crippen LogP contribution >= 0.6 is 12.2 Å². The van der Waals surface area contributed by atoms with Crippen LogP contribution in [-0.2, 0) is 13.0 Å². The largest absolute Gasteiger partial charge is 0.493 e. The number of aryl methyl sites for hydroxylation is 1. The van der Waals surface area contributed by atoms with Crippen LogP contribution in [0.1, 0.15) is 22.5 Å². The van der Waals surface area contributed by atoms with Gasteiger partial charge in [0.1, 0.15) is 0 Å². The Hall–Kier alpha value is -3.06. The summed E-state index contributed by atoms with van der Waals surface area (Å²) < 4.78 is 12.7. The molecule has 0 spiro atoms. The molecule has 158 valence electrons. The lowest BCUT2D eigenvalue weighted by atomic mass is 10.1. The number of thiocarbonyl (C=S) groups is 1. The van der Waals surface area contributed by atoms with E-state index in [0.29, 0.717) is 23.2 Å². The molecule has 2 aromatic carbocycles. The first-order valence-corrected chi connectivity index (χ1v) is 10.3. The summed E-state index contributed by atoms with van der Waals surface area (Å²) in [6.45, 7) is 5.42. The van der Waals surface area contributed by atoms with E-state index in [4.69, 9.17) is 21.7 Å². The van der Waals surface area contributed by atoms with Crippen molar-refractivity contribution in [2.24, 2.45) is 0 Å². The fourth-order valence-electron chi connectivity index (χ4n) is 3.31. The molecular weight excluding hydrogens is 396 g/mol. The maximum Gasteiger partial charge on any atom is 0.170 e. The first kappa shape index (κ1) is 21.6. The minimum atomic E-state index is 0.600. The van der Waals surface area contributed by atoms with Crippen LogP contribution in [-0.4, -0.2) is 35.7 Å². The molecule has 0 saturated heterocycles. The van der Waals surface area contributed by atoms with Crippen LogP contribution in [0.4, 0.5) is 5.69 Å². The average Bonchev–Trinajstić information content (AvgIpc) is 3.01. The molecule has 0 amide bonds. The van der Waals surface area contributed by atoms with Gasteiger partial charge in [-0.1, -0.05) is 36.4 Å². The molecule has 0 fully saturated rings. The van der Waals surface area contributed by atoms with E-state index in [0.717, 1.165) is 35.6 Å². The zero-order valence-corrected chi connectivity index (χ0v) is 18.7. The highest BCUT2D eigenvalue weighted by atomic mass is 32.1. The number of anilines is 1. The molecule has 0 radical (unpaired) electrons. The molecule has 2 N–H and O–H groups in total. The summed E-state index contributed by atoms with van der Waals surface area (Å²) in [7, 11) is 3.27. The number of benzene rings is 2. The van der Waals surface area contributed by atoms with Gasteiger partial charge in [0, 0.05) is 6.54 Å². The van der Waals surface area contributed by atoms with Gasteiger partial charge in [-0.05, 0) is 55.7 Å². The Balaban J connectivity index is 1.63. The highest BCUT2D eigenvalue weighted by molar-refractivity contribution is 7.80. The van der Waals surface area contributed by atoms with E-state index in [1.807, 2.05) is 54.9 Å². The molecular formula is C23H28N4O2S. The number of methoxy groups -OCH3 is 2. The van der Waals surface area contributed by atoms with E-state index in [1.165, 1.54) is 5.56 Å². The van der Waals surface area contributed by atoms with Gasteiger partial charge < -0.3 is 20.1 Å². The highest BCUT2D eigenvalue weighted by Crippen LogP contribution is 2.28. The van der Waals surface area contributed by atoms with Gasteiger partial charge in [-0.2, -0.15) is 5.10 Å². The number of hydrogen-bond acceptors (Lipinski definition) is 4. The lowest BCUT2D eigenvalue weighted by Gasteiger charge is -2.12. The zero-order chi connectivity index (χ0) is 21.5. The predicted molar refractivity (Wildman–Crippen MR) is 125 cm³/mol. The van der Waals surface area contributed by atoms with E-state index in [1.54, 1.807) is 14.2 Å². The molecule has 0 aliphatic carbocycles. The fourth-order valence-corrected chi connectivity index (χ4v) is 3.51. The molecule has 1 aromatic heterocycles. The molecule has 7 heteroatoms. The second kappa shape index (κ2) is 10.1. The third-order valence-corrected chi connectivity index (χ3v) is 5.19. The van der Waals surface area contributed by atoms with Gasteiger partial charge in [-0.15, -0.1) is 0 Å². The number of ether oxygens (including phenoxy) is 2. The number of nitrogens with one attached hydrogen (secondary N) is 2. The summed E-state index contributed by atoms with van der Waals surface area (Å²) in [6, 6.07) is 16.2. The smallest absolute Gasteiger partial charge is 0.170 e. The van der Waals surface area contributed by atoms with Crippen LogP contribution in [0.3, 0.4) is 0 Å². The van der Waals surface area contributed by atoms with Crippen LogP contribution in [0.15, 0.2) is 48.5 Å². The van der Waals surface area contributed by atoms with Crippen molar-refractivity contribution in [2.45, 2.75) is 26.8 Å². The van der Waals surface area contributed by atoms with Crippen LogP contribution in [0.2, 0.25) is 0 Å². The maximum atomic E-state index is 5.48. The summed E-state index contributed by atoms with van der Waals surface area (Å²) in [5.74, 6) is 1.42. The lowest BCUT2D eigenvalue weighted by molar-refractivity contribution is 0.354. The minimum Gasteiger partial charge on any atom is -0.493 e. The van der Waals surface area contributed by atoms with E-state index in [2.05, 4.69) is 27.9 Å². The van der Waals surface area contributed by atoms with Gasteiger partial charge in [0.25, 0.3) is 0 Å². The van der Waals surface area contributed by atoms with Gasteiger partial charge >= 0.3 is 0 Å². The van der Waals surface area contributed by atoms with Crippen molar-refractivity contribution in [3.05, 3.63) is 71.0 Å². The summed E-state index contributed by atoms with van der Waals surface area (Å²) >= 11 is 5.48. The lowest BCUT2D eigenvalue weighted by Crippen LogP contribution is -2.30. The van der Waals surface area contributed by atoms with Crippen LogP contribution in [0, 0.1) is 13.8 Å². The standard InChI is InChI=1S/C23H28N4O2S/c1-16-22(25-23(30)24-13-12-18-8-6-5-7-9-18)17(2)27(26-16)15-19-10-11-20(28-3)21(14-19)29-4/h5-11,14H,12-13,15H2,1-4H3,(H2,24,25,30). The van der Waals surface area contributed by atoms with Gasteiger partial charge in [0.15, 0.2) is 16.6 Å². The highest BCUT2D eigenvalue weighted by Gasteiger charge is 2.14. The molecule has 0 unspecified atom stereocenters. The van der Waals surface area contributed by atoms with Crippen molar-refractivity contribution >= 4 is 23.0 Å². The molecule has 0 saturated carbocycles. The van der Waals surface area contributed by atoms with Crippen molar-refractivity contribution < 1.29 is 9.47 Å². The molecule has 6 nitrogen and oxygen atoms in total. The summed E-state index contributed by atoms with van der Waals surface area (Å²) in [6.07, 6.45) is 0.916. The normalized spacial score (nSPS) is 10.5. The Kier molecular flexibility index (Phi) is 7.30. The van der Waals surface area contributed by atoms with Crippen molar-refractivity contribution in [3.8, 4) is 11.5 Å². The first-order chi connectivity index (χ1) is 14.5. The Morgan fingerprint density at radius 3 is 2.43 bits per heavy atom.